The van der Waals surface area contributed by atoms with Crippen molar-refractivity contribution in [2.45, 2.75) is 39.2 Å². The Morgan fingerprint density at radius 1 is 1.33 bits per heavy atom. The molecule has 1 heterocycles. The number of para-hydroxylation sites is 2. The smallest absolute Gasteiger partial charge is 0.203 e. The first-order valence-electron chi connectivity index (χ1n) is 6.76. The van der Waals surface area contributed by atoms with Gasteiger partial charge in [-0.3, -0.25) is 0 Å². The van der Waals surface area contributed by atoms with E-state index >= 15 is 0 Å². The van der Waals surface area contributed by atoms with Crippen LogP contribution in [0.1, 0.15) is 33.1 Å². The number of aryl methyl sites for hydroxylation is 1. The number of aromatic nitrogens is 2. The van der Waals surface area contributed by atoms with Crippen LogP contribution in [0.15, 0.2) is 24.3 Å². The summed E-state index contributed by atoms with van der Waals surface area (Å²) in [7, 11) is 2.08. The zero-order chi connectivity index (χ0) is 12.8. The molecule has 3 nitrogen and oxygen atoms in total. The lowest BCUT2D eigenvalue weighted by Crippen LogP contribution is -2.31. The summed E-state index contributed by atoms with van der Waals surface area (Å²) in [5.74, 6) is 0.996. The van der Waals surface area contributed by atoms with Crippen LogP contribution in [-0.4, -0.2) is 15.6 Å². The van der Waals surface area contributed by atoms with E-state index in [2.05, 4.69) is 49.0 Å². The summed E-state index contributed by atoms with van der Waals surface area (Å²) in [5, 5.41) is 3.64. The van der Waals surface area contributed by atoms with E-state index in [0.717, 1.165) is 11.5 Å². The second kappa shape index (κ2) is 4.01. The number of nitrogens with zero attached hydrogens (tertiary/aromatic N) is 2. The molecule has 1 aromatic heterocycles. The molecule has 0 saturated heterocycles. The minimum Gasteiger partial charge on any atom is -0.352 e. The van der Waals surface area contributed by atoms with Crippen molar-refractivity contribution in [2.24, 2.45) is 12.5 Å². The predicted molar refractivity (Wildman–Crippen MR) is 75.8 cm³/mol. The van der Waals surface area contributed by atoms with Crippen LogP contribution in [0.3, 0.4) is 0 Å². The third kappa shape index (κ3) is 1.78. The van der Waals surface area contributed by atoms with Crippen LogP contribution >= 0.6 is 0 Å². The van der Waals surface area contributed by atoms with Crippen LogP contribution in [0.4, 0.5) is 5.95 Å². The molecule has 18 heavy (non-hydrogen) atoms. The Labute approximate surface area is 108 Å². The van der Waals surface area contributed by atoms with Crippen molar-refractivity contribution >= 4 is 17.0 Å². The molecule has 1 aliphatic carbocycles. The molecular weight excluding hydrogens is 222 g/mol. The molecule has 3 rings (SSSR count). The number of hydrogen-bond acceptors (Lipinski definition) is 2. The fourth-order valence-electron chi connectivity index (χ4n) is 3.02. The summed E-state index contributed by atoms with van der Waals surface area (Å²) in [6, 6.07) is 8.83. The Balaban J connectivity index is 1.93. The summed E-state index contributed by atoms with van der Waals surface area (Å²) in [5.41, 5.74) is 2.63. The largest absolute Gasteiger partial charge is 0.352 e. The fraction of sp³-hybridized carbons (Fsp3) is 0.533. The molecule has 1 N–H and O–H groups in total. The van der Waals surface area contributed by atoms with E-state index in [1.165, 1.54) is 24.8 Å². The van der Waals surface area contributed by atoms with Gasteiger partial charge in [0.25, 0.3) is 0 Å². The van der Waals surface area contributed by atoms with Crippen LogP contribution in [-0.2, 0) is 7.05 Å². The Kier molecular flexibility index (Phi) is 2.58. The average Bonchev–Trinajstić information content (AvgIpc) is 2.83. The molecule has 0 bridgehead atoms. The number of nitrogens with one attached hydrogen (secondary N) is 1. The monoisotopic (exact) mass is 243 g/mol. The summed E-state index contributed by atoms with van der Waals surface area (Å²) in [4.78, 5) is 4.69. The van der Waals surface area contributed by atoms with Gasteiger partial charge in [-0.2, -0.15) is 0 Å². The van der Waals surface area contributed by atoms with E-state index in [9.17, 15) is 0 Å². The maximum atomic E-state index is 4.69. The Morgan fingerprint density at radius 3 is 2.78 bits per heavy atom. The first-order chi connectivity index (χ1) is 8.58. The molecule has 3 heteroatoms. The van der Waals surface area contributed by atoms with Crippen LogP contribution < -0.4 is 5.32 Å². The maximum absolute atomic E-state index is 4.69. The molecule has 1 aromatic carbocycles. The van der Waals surface area contributed by atoms with Crippen molar-refractivity contribution in [3.8, 4) is 0 Å². The second-order valence-corrected chi connectivity index (χ2v) is 6.06. The van der Waals surface area contributed by atoms with Gasteiger partial charge >= 0.3 is 0 Å². The van der Waals surface area contributed by atoms with Gasteiger partial charge in [-0.1, -0.05) is 32.4 Å². The van der Waals surface area contributed by atoms with Gasteiger partial charge in [0.15, 0.2) is 0 Å². The first-order valence-corrected chi connectivity index (χ1v) is 6.76. The van der Waals surface area contributed by atoms with E-state index in [0.29, 0.717) is 11.5 Å². The van der Waals surface area contributed by atoms with Gasteiger partial charge in [0.05, 0.1) is 11.0 Å². The predicted octanol–water partition coefficient (Wildman–Crippen LogP) is 3.56. The topological polar surface area (TPSA) is 29.9 Å². The third-order valence-corrected chi connectivity index (χ3v) is 4.35. The minimum absolute atomic E-state index is 0.373. The van der Waals surface area contributed by atoms with Crippen molar-refractivity contribution in [3.05, 3.63) is 24.3 Å². The van der Waals surface area contributed by atoms with Gasteiger partial charge in [0, 0.05) is 13.1 Å². The van der Waals surface area contributed by atoms with Crippen molar-refractivity contribution in [1.82, 2.24) is 9.55 Å². The van der Waals surface area contributed by atoms with Gasteiger partial charge < -0.3 is 9.88 Å². The second-order valence-electron chi connectivity index (χ2n) is 6.06. The number of anilines is 1. The van der Waals surface area contributed by atoms with E-state index in [4.69, 9.17) is 4.98 Å². The first kappa shape index (κ1) is 11.6. The third-order valence-electron chi connectivity index (χ3n) is 4.35. The molecule has 0 spiro atoms. The molecule has 0 radical (unpaired) electrons. The normalized spacial score (nSPS) is 22.5. The molecule has 1 aliphatic rings. The number of imidazole rings is 1. The maximum Gasteiger partial charge on any atom is 0.203 e. The van der Waals surface area contributed by atoms with E-state index < -0.39 is 0 Å². The van der Waals surface area contributed by atoms with Gasteiger partial charge in [-0.25, -0.2) is 4.98 Å². The highest BCUT2D eigenvalue weighted by atomic mass is 15.2. The lowest BCUT2D eigenvalue weighted by molar-refractivity contribution is 0.348. The van der Waals surface area contributed by atoms with Crippen LogP contribution in [0, 0.1) is 5.41 Å². The van der Waals surface area contributed by atoms with E-state index in [-0.39, 0.29) is 0 Å². The van der Waals surface area contributed by atoms with Crippen LogP contribution in [0.5, 0.6) is 0 Å². The highest BCUT2D eigenvalue weighted by molar-refractivity contribution is 5.78. The number of fused-ring (bicyclic) bond motifs is 1. The summed E-state index contributed by atoms with van der Waals surface area (Å²) in [6.45, 7) is 4.70. The molecule has 1 unspecified atom stereocenters. The van der Waals surface area contributed by atoms with Gasteiger partial charge in [0.2, 0.25) is 5.95 Å². The lowest BCUT2D eigenvalue weighted by Gasteiger charge is -2.28. The van der Waals surface area contributed by atoms with E-state index in [1.54, 1.807) is 0 Å². The molecule has 1 saturated carbocycles. The number of hydrogen-bond donors (Lipinski definition) is 1. The summed E-state index contributed by atoms with van der Waals surface area (Å²) in [6.07, 6.45) is 3.86. The average molecular weight is 243 g/mol. The standard InChI is InChI=1S/C15H21N3/c1-15(2)10-6-9-13(15)17-14-16-11-7-4-5-8-12(11)18(14)3/h4-5,7-8,13H,6,9-10H2,1-3H3,(H,16,17). The zero-order valence-electron chi connectivity index (χ0n) is 11.4. The molecule has 1 atom stereocenters. The Morgan fingerprint density at radius 2 is 2.11 bits per heavy atom. The van der Waals surface area contributed by atoms with Gasteiger partial charge in [-0.15, -0.1) is 0 Å². The van der Waals surface area contributed by atoms with Crippen molar-refractivity contribution < 1.29 is 0 Å². The molecular formula is C15H21N3. The zero-order valence-corrected chi connectivity index (χ0v) is 11.4. The van der Waals surface area contributed by atoms with Crippen LogP contribution in [0.25, 0.3) is 11.0 Å². The van der Waals surface area contributed by atoms with Gasteiger partial charge in [-0.05, 0) is 30.4 Å². The molecule has 96 valence electrons. The summed E-state index contributed by atoms with van der Waals surface area (Å²) >= 11 is 0. The highest BCUT2D eigenvalue weighted by Gasteiger charge is 2.35. The molecule has 0 amide bonds. The SMILES string of the molecule is Cn1c(NC2CCCC2(C)C)nc2ccccc21. The van der Waals surface area contributed by atoms with Crippen molar-refractivity contribution in [1.29, 1.82) is 0 Å². The minimum atomic E-state index is 0.373. The summed E-state index contributed by atoms with van der Waals surface area (Å²) < 4.78 is 2.16. The Hall–Kier alpha value is -1.51. The highest BCUT2D eigenvalue weighted by Crippen LogP contribution is 2.39. The number of benzene rings is 1. The molecule has 2 aromatic rings. The lowest BCUT2D eigenvalue weighted by atomic mass is 9.87. The fourth-order valence-corrected chi connectivity index (χ4v) is 3.02. The molecule has 1 fully saturated rings. The van der Waals surface area contributed by atoms with Crippen molar-refractivity contribution in [2.75, 3.05) is 5.32 Å². The van der Waals surface area contributed by atoms with Crippen molar-refractivity contribution in [3.63, 3.8) is 0 Å². The van der Waals surface area contributed by atoms with Gasteiger partial charge in [0.1, 0.15) is 0 Å². The molecule has 0 aliphatic heterocycles. The van der Waals surface area contributed by atoms with E-state index in [1.807, 2.05) is 6.07 Å². The quantitative estimate of drug-likeness (QED) is 0.874. The Bertz CT molecular complexity index is 568. The van der Waals surface area contributed by atoms with Crippen LogP contribution in [0.2, 0.25) is 0 Å². The number of rotatable bonds is 2.